The van der Waals surface area contributed by atoms with E-state index >= 15 is 0 Å². The van der Waals surface area contributed by atoms with E-state index < -0.39 is 0 Å². The molecule has 1 unspecified atom stereocenters. The number of nitrogens with two attached hydrogens (primary N) is 1. The summed E-state index contributed by atoms with van der Waals surface area (Å²) in [6, 6.07) is 15.2. The number of pyridine rings is 1. The van der Waals surface area contributed by atoms with Crippen molar-refractivity contribution in [1.82, 2.24) is 14.8 Å². The summed E-state index contributed by atoms with van der Waals surface area (Å²) in [6.07, 6.45) is 1.75. The summed E-state index contributed by atoms with van der Waals surface area (Å²) in [5.41, 5.74) is 8.48. The van der Waals surface area contributed by atoms with Gasteiger partial charge >= 0.3 is 0 Å². The molecule has 4 heteroatoms. The Labute approximate surface area is 126 Å². The van der Waals surface area contributed by atoms with Gasteiger partial charge in [-0.25, -0.2) is 4.98 Å². The lowest BCUT2D eigenvalue weighted by molar-refractivity contribution is 0.0835. The highest BCUT2D eigenvalue weighted by atomic mass is 15.3. The van der Waals surface area contributed by atoms with Crippen molar-refractivity contribution in [2.45, 2.75) is 12.6 Å². The van der Waals surface area contributed by atoms with Gasteiger partial charge in [0.2, 0.25) is 0 Å². The van der Waals surface area contributed by atoms with E-state index in [0.29, 0.717) is 11.9 Å². The van der Waals surface area contributed by atoms with Crippen LogP contribution in [0.4, 0.5) is 5.82 Å². The zero-order chi connectivity index (χ0) is 14.7. The van der Waals surface area contributed by atoms with Crippen LogP contribution in [0.25, 0.3) is 0 Å². The Bertz CT molecular complexity index is 584. The van der Waals surface area contributed by atoms with E-state index in [0.717, 1.165) is 31.7 Å². The van der Waals surface area contributed by atoms with Gasteiger partial charge in [0.25, 0.3) is 0 Å². The van der Waals surface area contributed by atoms with Crippen LogP contribution in [0.5, 0.6) is 0 Å². The first kappa shape index (κ1) is 14.0. The summed E-state index contributed by atoms with van der Waals surface area (Å²) in [5, 5.41) is 0. The second-order valence-electron chi connectivity index (χ2n) is 5.71. The minimum absolute atomic E-state index is 0.407. The molecule has 1 fully saturated rings. The van der Waals surface area contributed by atoms with E-state index in [2.05, 4.69) is 58.2 Å². The van der Waals surface area contributed by atoms with Crippen LogP contribution in [0.15, 0.2) is 48.7 Å². The van der Waals surface area contributed by atoms with Crippen LogP contribution in [0.2, 0.25) is 0 Å². The molecular formula is C17H22N4. The van der Waals surface area contributed by atoms with Crippen molar-refractivity contribution in [2.24, 2.45) is 0 Å². The van der Waals surface area contributed by atoms with Gasteiger partial charge in [0.15, 0.2) is 0 Å². The van der Waals surface area contributed by atoms with Crippen LogP contribution < -0.4 is 5.73 Å². The van der Waals surface area contributed by atoms with Gasteiger partial charge in [0, 0.05) is 44.0 Å². The van der Waals surface area contributed by atoms with Crippen molar-refractivity contribution in [3.05, 3.63) is 59.8 Å². The lowest BCUT2D eigenvalue weighted by Crippen LogP contribution is -2.46. The molecule has 3 rings (SSSR count). The summed E-state index contributed by atoms with van der Waals surface area (Å²) in [5.74, 6) is 0.642. The molecule has 1 saturated heterocycles. The third kappa shape index (κ3) is 3.23. The maximum absolute atomic E-state index is 6.00. The van der Waals surface area contributed by atoms with Gasteiger partial charge in [-0.1, -0.05) is 36.4 Å². The first-order chi connectivity index (χ1) is 10.2. The normalized spacial score (nSPS) is 20.5. The molecule has 2 N–H and O–H groups in total. The maximum Gasteiger partial charge on any atom is 0.127 e. The van der Waals surface area contributed by atoms with E-state index in [1.54, 1.807) is 6.20 Å². The van der Waals surface area contributed by atoms with Crippen LogP contribution in [0.3, 0.4) is 0 Å². The smallest absolute Gasteiger partial charge is 0.127 e. The molecule has 0 spiro atoms. The Kier molecular flexibility index (Phi) is 4.18. The van der Waals surface area contributed by atoms with Crippen molar-refractivity contribution in [2.75, 3.05) is 32.4 Å². The largest absolute Gasteiger partial charge is 0.383 e. The fourth-order valence-corrected chi connectivity index (χ4v) is 2.94. The van der Waals surface area contributed by atoms with E-state index in [4.69, 9.17) is 5.73 Å². The van der Waals surface area contributed by atoms with E-state index in [1.165, 1.54) is 5.56 Å². The lowest BCUT2D eigenvalue weighted by Gasteiger charge is -2.40. The number of aromatic nitrogens is 1. The molecule has 0 amide bonds. The monoisotopic (exact) mass is 282 g/mol. The number of anilines is 1. The Balaban J connectivity index is 1.83. The molecular weight excluding hydrogens is 260 g/mol. The topological polar surface area (TPSA) is 45.4 Å². The molecule has 0 saturated carbocycles. The summed E-state index contributed by atoms with van der Waals surface area (Å²) in [4.78, 5) is 9.09. The summed E-state index contributed by atoms with van der Waals surface area (Å²) in [7, 11) is 2.19. The predicted molar refractivity (Wildman–Crippen MR) is 85.7 cm³/mol. The fraction of sp³-hybridized carbons (Fsp3) is 0.353. The van der Waals surface area contributed by atoms with Gasteiger partial charge in [0.05, 0.1) is 0 Å². The van der Waals surface area contributed by atoms with Crippen molar-refractivity contribution in [1.29, 1.82) is 0 Å². The van der Waals surface area contributed by atoms with Crippen LogP contribution in [0, 0.1) is 0 Å². The summed E-state index contributed by atoms with van der Waals surface area (Å²) >= 11 is 0. The van der Waals surface area contributed by atoms with Gasteiger partial charge in [-0.3, -0.25) is 4.90 Å². The molecule has 1 aliphatic heterocycles. The maximum atomic E-state index is 6.00. The molecule has 1 aromatic carbocycles. The molecule has 21 heavy (non-hydrogen) atoms. The first-order valence-corrected chi connectivity index (χ1v) is 7.41. The molecule has 1 aliphatic rings. The van der Waals surface area contributed by atoms with Crippen LogP contribution in [-0.2, 0) is 6.54 Å². The summed E-state index contributed by atoms with van der Waals surface area (Å²) < 4.78 is 0. The Morgan fingerprint density at radius 3 is 2.71 bits per heavy atom. The van der Waals surface area contributed by atoms with Gasteiger partial charge in [0.1, 0.15) is 5.82 Å². The Morgan fingerprint density at radius 1 is 1.14 bits per heavy atom. The molecule has 2 aromatic rings. The number of hydrogen-bond donors (Lipinski definition) is 1. The van der Waals surface area contributed by atoms with Crippen LogP contribution >= 0.6 is 0 Å². The van der Waals surface area contributed by atoms with Crippen molar-refractivity contribution in [3.63, 3.8) is 0 Å². The third-order valence-corrected chi connectivity index (χ3v) is 4.18. The first-order valence-electron chi connectivity index (χ1n) is 7.41. The van der Waals surface area contributed by atoms with Crippen LogP contribution in [-0.4, -0.2) is 41.5 Å². The predicted octanol–water partition coefficient (Wildman–Crippen LogP) is 2.15. The lowest BCUT2D eigenvalue weighted by atomic mass is 10.0. The quantitative estimate of drug-likeness (QED) is 0.937. The van der Waals surface area contributed by atoms with E-state index in [1.807, 2.05) is 6.07 Å². The molecule has 1 atom stereocenters. The molecule has 4 nitrogen and oxygen atoms in total. The van der Waals surface area contributed by atoms with Crippen molar-refractivity contribution >= 4 is 5.82 Å². The number of hydrogen-bond acceptors (Lipinski definition) is 4. The Hall–Kier alpha value is -1.91. The average molecular weight is 282 g/mol. The molecule has 110 valence electrons. The zero-order valence-electron chi connectivity index (χ0n) is 12.4. The number of nitrogen functional groups attached to an aromatic ring is 1. The third-order valence-electron chi connectivity index (χ3n) is 4.18. The highest BCUT2D eigenvalue weighted by Crippen LogP contribution is 2.27. The number of nitrogens with zero attached hydrogens (tertiary/aromatic N) is 3. The van der Waals surface area contributed by atoms with Gasteiger partial charge in [-0.05, 0) is 18.7 Å². The minimum Gasteiger partial charge on any atom is -0.383 e. The molecule has 2 heterocycles. The van der Waals surface area contributed by atoms with E-state index in [-0.39, 0.29) is 0 Å². The number of likely N-dealkylation sites (N-methyl/N-ethyl adjacent to an activating group) is 1. The zero-order valence-corrected chi connectivity index (χ0v) is 12.4. The standard InChI is InChI=1S/C17H22N4/c1-20-10-11-21(12-15-8-5-9-19-17(15)18)16(13-20)14-6-3-2-4-7-14/h2-9,16H,10-13H2,1H3,(H2,18,19). The van der Waals surface area contributed by atoms with Gasteiger partial charge in [-0.15, -0.1) is 0 Å². The molecule has 0 radical (unpaired) electrons. The van der Waals surface area contributed by atoms with Gasteiger partial charge < -0.3 is 10.6 Å². The number of benzene rings is 1. The number of piperazine rings is 1. The van der Waals surface area contributed by atoms with Crippen LogP contribution in [0.1, 0.15) is 17.2 Å². The van der Waals surface area contributed by atoms with E-state index in [9.17, 15) is 0 Å². The summed E-state index contributed by atoms with van der Waals surface area (Å²) in [6.45, 7) is 4.03. The van der Waals surface area contributed by atoms with Gasteiger partial charge in [-0.2, -0.15) is 0 Å². The number of rotatable bonds is 3. The highest BCUT2D eigenvalue weighted by molar-refractivity contribution is 5.38. The minimum atomic E-state index is 0.407. The second-order valence-corrected chi connectivity index (χ2v) is 5.71. The fourth-order valence-electron chi connectivity index (χ4n) is 2.94. The Morgan fingerprint density at radius 2 is 1.95 bits per heavy atom. The molecule has 1 aromatic heterocycles. The highest BCUT2D eigenvalue weighted by Gasteiger charge is 2.26. The second kappa shape index (κ2) is 6.24. The average Bonchev–Trinajstić information content (AvgIpc) is 2.52. The van der Waals surface area contributed by atoms with Crippen molar-refractivity contribution < 1.29 is 0 Å². The van der Waals surface area contributed by atoms with Crippen molar-refractivity contribution in [3.8, 4) is 0 Å². The SMILES string of the molecule is CN1CCN(Cc2cccnc2N)C(c2ccccc2)C1. The molecule has 0 aliphatic carbocycles. The molecule has 0 bridgehead atoms.